The van der Waals surface area contributed by atoms with E-state index in [0.29, 0.717) is 38.8 Å². The van der Waals surface area contributed by atoms with E-state index in [0.717, 1.165) is 0 Å². The maximum atomic E-state index is 13.7. The molecule has 29 heavy (non-hydrogen) atoms. The first-order valence-corrected chi connectivity index (χ1v) is 9.47. The predicted octanol–water partition coefficient (Wildman–Crippen LogP) is 4.35. The lowest BCUT2D eigenvalue weighted by Gasteiger charge is -2.20. The molecule has 0 aliphatic carbocycles. The maximum absolute atomic E-state index is 13.7. The lowest BCUT2D eigenvalue weighted by Crippen LogP contribution is -2.13. The number of thiophene rings is 1. The van der Waals surface area contributed by atoms with E-state index in [2.05, 4.69) is 5.16 Å². The van der Waals surface area contributed by atoms with Gasteiger partial charge >= 0.3 is 5.97 Å². The Morgan fingerprint density at radius 2 is 2.24 bits per heavy atom. The number of furan rings is 1. The maximum Gasteiger partial charge on any atom is 0.348 e. The van der Waals surface area contributed by atoms with Gasteiger partial charge in [-0.3, -0.25) is 0 Å². The molecule has 0 N–H and O–H groups in total. The molecule has 0 saturated carbocycles. The molecule has 1 aliphatic heterocycles. The van der Waals surface area contributed by atoms with Gasteiger partial charge in [-0.2, -0.15) is 0 Å². The molecule has 2 aromatic heterocycles. The normalized spacial score (nSPS) is 13.2. The van der Waals surface area contributed by atoms with E-state index in [1.165, 1.54) is 36.8 Å². The Balaban J connectivity index is 1.42. The van der Waals surface area contributed by atoms with Crippen molar-refractivity contribution in [1.29, 1.82) is 0 Å². The van der Waals surface area contributed by atoms with Crippen LogP contribution in [-0.4, -0.2) is 26.1 Å². The van der Waals surface area contributed by atoms with Gasteiger partial charge in [0, 0.05) is 16.7 Å². The van der Waals surface area contributed by atoms with Crippen molar-refractivity contribution < 1.29 is 32.7 Å². The fraction of sp³-hybridized carbons (Fsp3) is 0.200. The molecule has 0 bridgehead atoms. The van der Waals surface area contributed by atoms with Crippen LogP contribution in [0.15, 0.2) is 45.3 Å². The molecule has 0 atom stereocenters. The Morgan fingerprint density at radius 3 is 3.10 bits per heavy atom. The van der Waals surface area contributed by atoms with Crippen LogP contribution in [0.5, 0.6) is 5.75 Å². The van der Waals surface area contributed by atoms with Crippen LogP contribution in [-0.2, 0) is 27.5 Å². The second kappa shape index (κ2) is 8.46. The number of esters is 1. The molecule has 0 fully saturated rings. The number of oxime groups is 1. The molecule has 4 rings (SSSR count). The monoisotopic (exact) mass is 417 g/mol. The third-order valence-electron chi connectivity index (χ3n) is 4.15. The van der Waals surface area contributed by atoms with Gasteiger partial charge in [0.05, 0.1) is 13.7 Å². The minimum atomic E-state index is -0.420. The van der Waals surface area contributed by atoms with Crippen LogP contribution in [0, 0.1) is 5.82 Å². The fourth-order valence-electron chi connectivity index (χ4n) is 2.88. The Hall–Kier alpha value is -3.17. The lowest BCUT2D eigenvalue weighted by molar-refractivity contribution is -0.0186. The number of fused-ring (bicyclic) bond motifs is 1. The summed E-state index contributed by atoms with van der Waals surface area (Å²) in [5, 5.41) is 5.65. The van der Waals surface area contributed by atoms with E-state index in [1.54, 1.807) is 23.6 Å². The van der Waals surface area contributed by atoms with Gasteiger partial charge < -0.3 is 23.5 Å². The molecule has 1 aromatic carbocycles. The molecule has 3 heterocycles. The number of methoxy groups -OCH3 is 1. The smallest absolute Gasteiger partial charge is 0.348 e. The molecule has 0 spiro atoms. The fourth-order valence-corrected chi connectivity index (χ4v) is 3.70. The molecule has 0 radical (unpaired) electrons. The number of benzene rings is 1. The SMILES string of the molecule is COC(=O)c1sccc1-c1ccc(C=NOCc2cc(F)cc3c2OCOC3)o1. The topological polar surface area (TPSA) is 79.5 Å². The molecule has 1 aliphatic rings. The van der Waals surface area contributed by atoms with Crippen LogP contribution < -0.4 is 4.74 Å². The van der Waals surface area contributed by atoms with Gasteiger partial charge in [-0.1, -0.05) is 5.16 Å². The van der Waals surface area contributed by atoms with E-state index < -0.39 is 11.8 Å². The molecule has 0 saturated heterocycles. The van der Waals surface area contributed by atoms with Crippen molar-refractivity contribution in [3.8, 4) is 17.1 Å². The van der Waals surface area contributed by atoms with Crippen molar-refractivity contribution in [2.75, 3.05) is 13.9 Å². The summed E-state index contributed by atoms with van der Waals surface area (Å²) in [5.41, 5.74) is 1.82. The molecule has 0 amide bonds. The zero-order valence-electron chi connectivity index (χ0n) is 15.3. The van der Waals surface area contributed by atoms with E-state index in [-0.39, 0.29) is 20.0 Å². The van der Waals surface area contributed by atoms with Gasteiger partial charge in [0.15, 0.2) is 6.79 Å². The zero-order chi connectivity index (χ0) is 20.2. The van der Waals surface area contributed by atoms with Crippen molar-refractivity contribution in [2.45, 2.75) is 13.2 Å². The first-order chi connectivity index (χ1) is 14.2. The van der Waals surface area contributed by atoms with E-state index in [1.807, 2.05) is 0 Å². The second-order valence-corrected chi connectivity index (χ2v) is 6.94. The standard InChI is InChI=1S/C20H16FNO6S/c1-24-20(23)19-16(4-5-29-19)17-3-2-15(28-17)8-22-27-10-13-7-14(21)6-12-9-25-11-26-18(12)13/h2-8H,9-11H2,1H3. The van der Waals surface area contributed by atoms with Gasteiger partial charge in [0.1, 0.15) is 40.8 Å². The third kappa shape index (κ3) is 4.15. The van der Waals surface area contributed by atoms with Crippen LogP contribution in [0.1, 0.15) is 26.6 Å². The van der Waals surface area contributed by atoms with Crippen molar-refractivity contribution in [3.63, 3.8) is 0 Å². The molecule has 0 unspecified atom stereocenters. The summed E-state index contributed by atoms with van der Waals surface area (Å²) in [5.74, 6) is 0.693. The molecule has 7 nitrogen and oxygen atoms in total. The largest absolute Gasteiger partial charge is 0.467 e. The van der Waals surface area contributed by atoms with E-state index in [9.17, 15) is 9.18 Å². The minimum absolute atomic E-state index is 0.0289. The van der Waals surface area contributed by atoms with Gasteiger partial charge in [0.2, 0.25) is 0 Å². The van der Waals surface area contributed by atoms with Crippen LogP contribution in [0.2, 0.25) is 0 Å². The summed E-state index contributed by atoms with van der Waals surface area (Å²) in [6.07, 6.45) is 1.39. The molecule has 9 heteroatoms. The quantitative estimate of drug-likeness (QED) is 0.337. The van der Waals surface area contributed by atoms with Crippen LogP contribution in [0.4, 0.5) is 4.39 Å². The highest BCUT2D eigenvalue weighted by Crippen LogP contribution is 2.31. The summed E-state index contributed by atoms with van der Waals surface area (Å²) >= 11 is 1.27. The summed E-state index contributed by atoms with van der Waals surface area (Å²) in [4.78, 5) is 17.5. The number of carbonyl (C=O) groups is 1. The third-order valence-corrected chi connectivity index (χ3v) is 5.05. The summed E-state index contributed by atoms with van der Waals surface area (Å²) in [6, 6.07) is 7.93. The highest BCUT2D eigenvalue weighted by atomic mass is 32.1. The van der Waals surface area contributed by atoms with Crippen molar-refractivity contribution in [2.24, 2.45) is 5.16 Å². The van der Waals surface area contributed by atoms with Gasteiger partial charge in [0.25, 0.3) is 0 Å². The number of rotatable bonds is 6. The Kier molecular flexibility index (Phi) is 5.59. The zero-order valence-corrected chi connectivity index (χ0v) is 16.2. The number of halogens is 1. The molecular formula is C20H16FNO6S. The summed E-state index contributed by atoms with van der Waals surface area (Å²) in [6.45, 7) is 0.427. The van der Waals surface area contributed by atoms with Crippen molar-refractivity contribution in [1.82, 2.24) is 0 Å². The Morgan fingerprint density at radius 1 is 1.34 bits per heavy atom. The minimum Gasteiger partial charge on any atom is -0.467 e. The number of ether oxygens (including phenoxy) is 3. The van der Waals surface area contributed by atoms with Crippen molar-refractivity contribution in [3.05, 3.63) is 63.3 Å². The molecule has 3 aromatic rings. The molecular weight excluding hydrogens is 401 g/mol. The summed E-state index contributed by atoms with van der Waals surface area (Å²) in [7, 11) is 1.33. The van der Waals surface area contributed by atoms with Gasteiger partial charge in [-0.15, -0.1) is 11.3 Å². The summed E-state index contributed by atoms with van der Waals surface area (Å²) < 4.78 is 34.8. The van der Waals surface area contributed by atoms with E-state index >= 15 is 0 Å². The number of nitrogens with zero attached hydrogens (tertiary/aromatic N) is 1. The lowest BCUT2D eigenvalue weighted by atomic mass is 10.1. The van der Waals surface area contributed by atoms with Gasteiger partial charge in [-0.05, 0) is 35.7 Å². The van der Waals surface area contributed by atoms with Crippen molar-refractivity contribution >= 4 is 23.5 Å². The number of hydrogen-bond donors (Lipinski definition) is 0. The van der Waals surface area contributed by atoms with E-state index in [4.69, 9.17) is 23.5 Å². The van der Waals surface area contributed by atoms with Gasteiger partial charge in [-0.25, -0.2) is 9.18 Å². The number of carbonyl (C=O) groups excluding carboxylic acids is 1. The molecule has 150 valence electrons. The highest BCUT2D eigenvalue weighted by molar-refractivity contribution is 7.12. The van der Waals surface area contributed by atoms with Crippen LogP contribution in [0.25, 0.3) is 11.3 Å². The Labute approximate surface area is 169 Å². The second-order valence-electron chi connectivity index (χ2n) is 6.03. The Bertz CT molecular complexity index is 1060. The highest BCUT2D eigenvalue weighted by Gasteiger charge is 2.18. The number of hydrogen-bond acceptors (Lipinski definition) is 8. The average molecular weight is 417 g/mol. The van der Waals surface area contributed by atoms with Crippen LogP contribution >= 0.6 is 11.3 Å². The first-order valence-electron chi connectivity index (χ1n) is 8.59. The first kappa shape index (κ1) is 19.2. The van der Waals surface area contributed by atoms with Crippen LogP contribution in [0.3, 0.4) is 0 Å². The predicted molar refractivity (Wildman–Crippen MR) is 102 cm³/mol. The average Bonchev–Trinajstić information content (AvgIpc) is 3.39.